The lowest BCUT2D eigenvalue weighted by atomic mass is 9.92. The molecule has 126 valence electrons. The number of sulfonamides is 1. The first-order chi connectivity index (χ1) is 11.6. The highest BCUT2D eigenvalue weighted by Crippen LogP contribution is 2.35. The lowest BCUT2D eigenvalue weighted by Crippen LogP contribution is -2.37. The minimum absolute atomic E-state index is 0.168. The molecule has 0 spiro atoms. The van der Waals surface area contributed by atoms with Crippen LogP contribution in [-0.4, -0.2) is 32.5 Å². The van der Waals surface area contributed by atoms with Crippen molar-refractivity contribution < 1.29 is 17.9 Å². The van der Waals surface area contributed by atoms with Gasteiger partial charge in [-0.15, -0.1) is 0 Å². The summed E-state index contributed by atoms with van der Waals surface area (Å²) in [6.07, 6.45) is 0. The van der Waals surface area contributed by atoms with Gasteiger partial charge < -0.3 is 9.47 Å². The molecule has 2 heterocycles. The van der Waals surface area contributed by atoms with Gasteiger partial charge in [0.15, 0.2) is 11.5 Å². The molecule has 0 bridgehead atoms. The highest BCUT2D eigenvalue weighted by atomic mass is 32.2. The van der Waals surface area contributed by atoms with E-state index in [4.69, 9.17) is 9.47 Å². The monoisotopic (exact) mass is 345 g/mol. The number of ether oxygens (including phenoxy) is 2. The second kappa shape index (κ2) is 5.79. The second-order valence-corrected chi connectivity index (χ2v) is 8.14. The quantitative estimate of drug-likeness (QED) is 0.840. The highest BCUT2D eigenvalue weighted by molar-refractivity contribution is 7.89. The van der Waals surface area contributed by atoms with Gasteiger partial charge in [0.2, 0.25) is 10.0 Å². The molecule has 2 aliphatic heterocycles. The average Bonchev–Trinajstić information content (AvgIpc) is 2.61. The molecule has 24 heavy (non-hydrogen) atoms. The Labute approximate surface area is 141 Å². The van der Waals surface area contributed by atoms with E-state index < -0.39 is 10.0 Å². The smallest absolute Gasteiger partial charge is 0.243 e. The molecular formula is C18H19NO4S. The Morgan fingerprint density at radius 3 is 2.62 bits per heavy atom. The maximum absolute atomic E-state index is 13.1. The molecular weight excluding hydrogens is 326 g/mol. The van der Waals surface area contributed by atoms with Crippen LogP contribution >= 0.6 is 0 Å². The van der Waals surface area contributed by atoms with Crippen LogP contribution in [0.25, 0.3) is 0 Å². The number of hydrogen-bond acceptors (Lipinski definition) is 4. The lowest BCUT2D eigenvalue weighted by molar-refractivity contribution is 0.171. The first kappa shape index (κ1) is 15.5. The zero-order valence-corrected chi connectivity index (χ0v) is 14.3. The zero-order valence-electron chi connectivity index (χ0n) is 13.4. The van der Waals surface area contributed by atoms with Gasteiger partial charge in [0.1, 0.15) is 13.2 Å². The molecule has 0 fully saturated rings. The molecule has 0 aromatic heterocycles. The molecule has 1 atom stereocenters. The Hall–Kier alpha value is -2.05. The second-order valence-electron chi connectivity index (χ2n) is 6.20. The zero-order chi connectivity index (χ0) is 16.7. The third kappa shape index (κ3) is 2.56. The largest absolute Gasteiger partial charge is 0.486 e. The number of nitrogens with zero attached hydrogens (tertiary/aromatic N) is 1. The number of rotatable bonds is 2. The first-order valence-electron chi connectivity index (χ1n) is 8.03. The van der Waals surface area contributed by atoms with Gasteiger partial charge in [-0.25, -0.2) is 8.42 Å². The third-order valence-electron chi connectivity index (χ3n) is 4.56. The molecule has 0 saturated carbocycles. The third-order valence-corrected chi connectivity index (χ3v) is 6.37. The van der Waals surface area contributed by atoms with Crippen molar-refractivity contribution in [1.82, 2.24) is 4.31 Å². The summed E-state index contributed by atoms with van der Waals surface area (Å²) in [5, 5.41) is 0. The van der Waals surface area contributed by atoms with Gasteiger partial charge in [-0.3, -0.25) is 0 Å². The Bertz CT molecular complexity index is 878. The number of hydrogen-bond donors (Lipinski definition) is 0. The van der Waals surface area contributed by atoms with E-state index in [2.05, 4.69) is 13.0 Å². The minimum atomic E-state index is -3.57. The van der Waals surface area contributed by atoms with Crippen LogP contribution in [0.4, 0.5) is 0 Å². The van der Waals surface area contributed by atoms with E-state index >= 15 is 0 Å². The van der Waals surface area contributed by atoms with E-state index in [9.17, 15) is 8.42 Å². The van der Waals surface area contributed by atoms with Crippen LogP contribution in [0.2, 0.25) is 0 Å². The first-order valence-corrected chi connectivity index (χ1v) is 9.47. The van der Waals surface area contributed by atoms with E-state index in [1.54, 1.807) is 22.5 Å². The Kier molecular flexibility index (Phi) is 3.73. The van der Waals surface area contributed by atoms with Gasteiger partial charge in [0.05, 0.1) is 4.90 Å². The van der Waals surface area contributed by atoms with Crippen LogP contribution in [0, 0.1) is 0 Å². The molecule has 6 heteroatoms. The van der Waals surface area contributed by atoms with Crippen molar-refractivity contribution in [3.8, 4) is 11.5 Å². The fraction of sp³-hybridized carbons (Fsp3) is 0.333. The van der Waals surface area contributed by atoms with Crippen molar-refractivity contribution in [2.75, 3.05) is 19.8 Å². The molecule has 0 N–H and O–H groups in total. The summed E-state index contributed by atoms with van der Waals surface area (Å²) in [4.78, 5) is 0.248. The maximum atomic E-state index is 13.1. The van der Waals surface area contributed by atoms with E-state index in [1.807, 2.05) is 18.2 Å². The van der Waals surface area contributed by atoms with E-state index in [0.717, 1.165) is 5.56 Å². The maximum Gasteiger partial charge on any atom is 0.243 e. The van der Waals surface area contributed by atoms with E-state index in [0.29, 0.717) is 37.8 Å². The van der Waals surface area contributed by atoms with Gasteiger partial charge in [0, 0.05) is 19.2 Å². The average molecular weight is 345 g/mol. The van der Waals surface area contributed by atoms with Gasteiger partial charge in [0.25, 0.3) is 0 Å². The minimum Gasteiger partial charge on any atom is -0.486 e. The van der Waals surface area contributed by atoms with Gasteiger partial charge in [-0.05, 0) is 29.2 Å². The molecule has 5 nitrogen and oxygen atoms in total. The van der Waals surface area contributed by atoms with Gasteiger partial charge in [-0.2, -0.15) is 4.31 Å². The van der Waals surface area contributed by atoms with Crippen molar-refractivity contribution in [2.45, 2.75) is 24.3 Å². The molecule has 2 aromatic rings. The van der Waals surface area contributed by atoms with Crippen LogP contribution in [0.3, 0.4) is 0 Å². The van der Waals surface area contributed by atoms with Gasteiger partial charge in [-0.1, -0.05) is 31.2 Å². The molecule has 0 saturated heterocycles. The summed E-state index contributed by atoms with van der Waals surface area (Å²) in [7, 11) is -3.57. The predicted molar refractivity (Wildman–Crippen MR) is 89.9 cm³/mol. The normalized spacial score (nSPS) is 20.5. The summed E-state index contributed by atoms with van der Waals surface area (Å²) < 4.78 is 38.6. The van der Waals surface area contributed by atoms with Crippen molar-refractivity contribution in [2.24, 2.45) is 0 Å². The van der Waals surface area contributed by atoms with Gasteiger partial charge >= 0.3 is 0 Å². The van der Waals surface area contributed by atoms with Crippen LogP contribution in [-0.2, 0) is 16.6 Å². The number of benzene rings is 2. The van der Waals surface area contributed by atoms with E-state index in [-0.39, 0.29) is 10.8 Å². The highest BCUT2D eigenvalue weighted by Gasteiger charge is 2.32. The summed E-state index contributed by atoms with van der Waals surface area (Å²) in [5.41, 5.74) is 2.29. The number of fused-ring (bicyclic) bond motifs is 2. The SMILES string of the molecule is CC1CN(S(=O)(=O)c2ccc3c(c2)OCCO3)Cc2ccccc21. The topological polar surface area (TPSA) is 55.8 Å². The van der Waals surface area contributed by atoms with Crippen molar-refractivity contribution >= 4 is 10.0 Å². The van der Waals surface area contributed by atoms with Crippen LogP contribution in [0.5, 0.6) is 11.5 Å². The van der Waals surface area contributed by atoms with Crippen LogP contribution < -0.4 is 9.47 Å². The summed E-state index contributed by atoms with van der Waals surface area (Å²) in [6.45, 7) is 3.86. The molecule has 0 aliphatic carbocycles. The predicted octanol–water partition coefficient (Wildman–Crippen LogP) is 2.77. The van der Waals surface area contributed by atoms with Crippen molar-refractivity contribution in [3.63, 3.8) is 0 Å². The Balaban J connectivity index is 1.69. The van der Waals surface area contributed by atoms with E-state index in [1.165, 1.54) is 5.56 Å². The summed E-state index contributed by atoms with van der Waals surface area (Å²) in [5.74, 6) is 1.26. The van der Waals surface area contributed by atoms with Crippen LogP contribution in [0.15, 0.2) is 47.4 Å². The van der Waals surface area contributed by atoms with Crippen molar-refractivity contribution in [1.29, 1.82) is 0 Å². The molecule has 0 amide bonds. The van der Waals surface area contributed by atoms with Crippen molar-refractivity contribution in [3.05, 3.63) is 53.6 Å². The summed E-state index contributed by atoms with van der Waals surface area (Å²) in [6, 6.07) is 12.9. The molecule has 2 aromatic carbocycles. The summed E-state index contributed by atoms with van der Waals surface area (Å²) >= 11 is 0. The Morgan fingerprint density at radius 1 is 1.04 bits per heavy atom. The fourth-order valence-electron chi connectivity index (χ4n) is 3.33. The fourth-order valence-corrected chi connectivity index (χ4v) is 4.86. The standard InChI is InChI=1S/C18H19NO4S/c1-13-11-19(12-14-4-2-3-5-16(13)14)24(20,21)15-6-7-17-18(10-15)23-9-8-22-17/h2-7,10,13H,8-9,11-12H2,1H3. The molecule has 2 aliphatic rings. The molecule has 4 rings (SSSR count). The molecule has 1 unspecified atom stereocenters. The van der Waals surface area contributed by atoms with Crippen LogP contribution in [0.1, 0.15) is 24.0 Å². The Morgan fingerprint density at radius 2 is 1.79 bits per heavy atom. The lowest BCUT2D eigenvalue weighted by Gasteiger charge is -2.32. The molecule has 0 radical (unpaired) electrons.